The summed E-state index contributed by atoms with van der Waals surface area (Å²) in [5.74, 6) is 0.498. The molecule has 0 saturated carbocycles. The van der Waals surface area contributed by atoms with E-state index in [-0.39, 0.29) is 10.7 Å². The molecule has 4 rings (SSSR count). The lowest BCUT2D eigenvalue weighted by molar-refractivity contribution is -0.388. The topological polar surface area (TPSA) is 99.6 Å². The molecule has 0 aliphatic carbocycles. The van der Waals surface area contributed by atoms with E-state index >= 15 is 0 Å². The van der Waals surface area contributed by atoms with Crippen molar-refractivity contribution in [3.63, 3.8) is 0 Å². The molecule has 0 amide bonds. The van der Waals surface area contributed by atoms with Gasteiger partial charge in [0.15, 0.2) is 10.9 Å². The minimum atomic E-state index is -0.489. The zero-order chi connectivity index (χ0) is 20.4. The smallest absolute Gasteiger partial charge is 0.270 e. The largest absolute Gasteiger partial charge is 0.301 e. The van der Waals surface area contributed by atoms with Gasteiger partial charge in [0.1, 0.15) is 0 Å². The van der Waals surface area contributed by atoms with E-state index in [2.05, 4.69) is 20.2 Å². The van der Waals surface area contributed by atoms with E-state index in [4.69, 9.17) is 23.2 Å². The van der Waals surface area contributed by atoms with Gasteiger partial charge < -0.3 is 0 Å². The summed E-state index contributed by atoms with van der Waals surface area (Å²) >= 11 is 13.3. The predicted octanol–water partition coefficient (Wildman–Crippen LogP) is 5.09. The molecular formula is C18H10Cl2N6O2S. The van der Waals surface area contributed by atoms with Crippen LogP contribution in [0.25, 0.3) is 17.1 Å². The molecule has 0 radical (unpaired) electrons. The lowest BCUT2D eigenvalue weighted by atomic mass is 10.2. The van der Waals surface area contributed by atoms with Crippen LogP contribution >= 0.6 is 35.0 Å². The van der Waals surface area contributed by atoms with Crippen molar-refractivity contribution < 1.29 is 4.92 Å². The van der Waals surface area contributed by atoms with Gasteiger partial charge in [0.05, 0.1) is 20.7 Å². The normalized spacial score (nSPS) is 10.8. The number of hydrogen-bond acceptors (Lipinski definition) is 7. The fraction of sp³-hybridized carbons (Fsp3) is 0. The maximum absolute atomic E-state index is 11.3. The first-order valence-electron chi connectivity index (χ1n) is 8.13. The van der Waals surface area contributed by atoms with Gasteiger partial charge >= 0.3 is 5.69 Å². The second kappa shape index (κ2) is 8.16. The third-order valence-corrected chi connectivity index (χ3v) is 5.54. The van der Waals surface area contributed by atoms with Crippen LogP contribution in [0.1, 0.15) is 0 Å². The molecule has 1 aromatic carbocycles. The second-order valence-corrected chi connectivity index (χ2v) is 7.44. The number of hydrogen-bond donors (Lipinski definition) is 0. The highest BCUT2D eigenvalue weighted by Gasteiger charge is 2.22. The highest BCUT2D eigenvalue weighted by Crippen LogP contribution is 2.36. The summed E-state index contributed by atoms with van der Waals surface area (Å²) in [6.07, 6.45) is 4.78. The van der Waals surface area contributed by atoms with Crippen LogP contribution in [0.15, 0.2) is 71.2 Å². The molecule has 0 bridgehead atoms. The molecule has 144 valence electrons. The molecule has 0 atom stereocenters. The highest BCUT2D eigenvalue weighted by molar-refractivity contribution is 7.99. The van der Waals surface area contributed by atoms with Crippen molar-refractivity contribution in [2.24, 2.45) is 0 Å². The first-order valence-corrected chi connectivity index (χ1v) is 9.70. The minimum absolute atomic E-state index is 0.121. The molecule has 4 aromatic rings. The maximum atomic E-state index is 11.3. The number of pyridine rings is 2. The number of nitro groups is 1. The second-order valence-electron chi connectivity index (χ2n) is 5.67. The van der Waals surface area contributed by atoms with E-state index in [1.807, 2.05) is 6.07 Å². The van der Waals surface area contributed by atoms with E-state index in [9.17, 15) is 10.1 Å². The van der Waals surface area contributed by atoms with Crippen molar-refractivity contribution in [3.05, 3.63) is 81.2 Å². The van der Waals surface area contributed by atoms with Gasteiger partial charge in [0.2, 0.25) is 5.16 Å². The first-order chi connectivity index (χ1) is 14.0. The van der Waals surface area contributed by atoms with Gasteiger partial charge in [-0.25, -0.2) is 4.98 Å². The van der Waals surface area contributed by atoms with E-state index in [0.717, 1.165) is 11.8 Å². The van der Waals surface area contributed by atoms with Gasteiger partial charge in [0.25, 0.3) is 0 Å². The molecule has 0 N–H and O–H groups in total. The van der Waals surface area contributed by atoms with Gasteiger partial charge in [0, 0.05) is 30.2 Å². The van der Waals surface area contributed by atoms with Crippen molar-refractivity contribution in [2.75, 3.05) is 0 Å². The Kier molecular flexibility index (Phi) is 5.43. The lowest BCUT2D eigenvalue weighted by Gasteiger charge is -2.11. The van der Waals surface area contributed by atoms with Crippen LogP contribution < -0.4 is 0 Å². The third-order valence-electron chi connectivity index (χ3n) is 3.85. The number of halogens is 2. The molecule has 3 aromatic heterocycles. The minimum Gasteiger partial charge on any atom is -0.270 e. The predicted molar refractivity (Wildman–Crippen MR) is 110 cm³/mol. The van der Waals surface area contributed by atoms with E-state index in [0.29, 0.717) is 32.3 Å². The molecule has 0 unspecified atom stereocenters. The number of aromatic nitrogens is 5. The van der Waals surface area contributed by atoms with Crippen molar-refractivity contribution in [3.8, 4) is 17.1 Å². The average Bonchev–Trinajstić information content (AvgIpc) is 3.14. The van der Waals surface area contributed by atoms with Crippen LogP contribution in [-0.4, -0.2) is 29.7 Å². The zero-order valence-electron chi connectivity index (χ0n) is 14.4. The van der Waals surface area contributed by atoms with Crippen molar-refractivity contribution in [2.45, 2.75) is 10.2 Å². The standard InChI is InChI=1S/C18H10Cl2N6O2S/c19-13-6-5-12(9-14(13)20)25-16(11-3-1-7-21-10-11)23-24-18(25)29-17-15(26(27)28)4-2-8-22-17/h1-10H. The molecule has 0 aliphatic rings. The summed E-state index contributed by atoms with van der Waals surface area (Å²) in [4.78, 5) is 19.1. The van der Waals surface area contributed by atoms with Gasteiger partial charge in [-0.2, -0.15) is 0 Å². The number of benzene rings is 1. The SMILES string of the molecule is O=[N+]([O-])c1cccnc1Sc1nnc(-c2cccnc2)n1-c1ccc(Cl)c(Cl)c1. The molecule has 0 spiro atoms. The molecule has 0 aliphatic heterocycles. The Hall–Kier alpha value is -3.01. The number of rotatable bonds is 5. The van der Waals surface area contributed by atoms with Crippen LogP contribution in [0, 0.1) is 10.1 Å². The summed E-state index contributed by atoms with van der Waals surface area (Å²) in [5, 5.41) is 21.2. The average molecular weight is 445 g/mol. The van der Waals surface area contributed by atoms with Gasteiger partial charge in [-0.3, -0.25) is 19.7 Å². The maximum Gasteiger partial charge on any atom is 0.301 e. The van der Waals surface area contributed by atoms with Crippen molar-refractivity contribution in [1.29, 1.82) is 0 Å². The first kappa shape index (κ1) is 19.3. The van der Waals surface area contributed by atoms with Crippen LogP contribution in [0.2, 0.25) is 10.0 Å². The van der Waals surface area contributed by atoms with Crippen LogP contribution in [0.3, 0.4) is 0 Å². The van der Waals surface area contributed by atoms with Gasteiger partial charge in [-0.05, 0) is 48.2 Å². The third kappa shape index (κ3) is 3.93. The van der Waals surface area contributed by atoms with Crippen LogP contribution in [0.5, 0.6) is 0 Å². The highest BCUT2D eigenvalue weighted by atomic mass is 35.5. The summed E-state index contributed by atoms with van der Waals surface area (Å²) in [5.41, 5.74) is 1.24. The summed E-state index contributed by atoms with van der Waals surface area (Å²) in [6, 6.07) is 11.6. The fourth-order valence-corrected chi connectivity index (χ4v) is 3.75. The van der Waals surface area contributed by atoms with Gasteiger partial charge in [-0.1, -0.05) is 23.2 Å². The van der Waals surface area contributed by atoms with Crippen LogP contribution in [-0.2, 0) is 0 Å². The van der Waals surface area contributed by atoms with E-state index in [1.165, 1.54) is 18.3 Å². The monoisotopic (exact) mass is 444 g/mol. The fourth-order valence-electron chi connectivity index (χ4n) is 2.56. The lowest BCUT2D eigenvalue weighted by Crippen LogP contribution is -2.01. The molecule has 0 fully saturated rings. The summed E-state index contributed by atoms with van der Waals surface area (Å²) in [6.45, 7) is 0. The van der Waals surface area contributed by atoms with E-state index in [1.54, 1.807) is 41.2 Å². The quantitative estimate of drug-likeness (QED) is 0.312. The Balaban J connectivity index is 1.88. The van der Waals surface area contributed by atoms with Crippen LogP contribution in [0.4, 0.5) is 5.69 Å². The number of nitrogens with zero attached hydrogens (tertiary/aromatic N) is 6. The Labute approximate surface area is 178 Å². The molecular weight excluding hydrogens is 435 g/mol. The van der Waals surface area contributed by atoms with Gasteiger partial charge in [-0.15, -0.1) is 10.2 Å². The van der Waals surface area contributed by atoms with E-state index < -0.39 is 4.92 Å². The molecule has 11 heteroatoms. The van der Waals surface area contributed by atoms with Crippen molar-refractivity contribution in [1.82, 2.24) is 24.7 Å². The Morgan fingerprint density at radius 2 is 1.86 bits per heavy atom. The Bertz CT molecular complexity index is 1200. The molecule has 0 saturated heterocycles. The Morgan fingerprint density at radius 3 is 2.59 bits per heavy atom. The van der Waals surface area contributed by atoms with Crippen molar-refractivity contribution >= 4 is 40.7 Å². The summed E-state index contributed by atoms with van der Waals surface area (Å²) < 4.78 is 1.72. The zero-order valence-corrected chi connectivity index (χ0v) is 16.8. The molecule has 8 nitrogen and oxygen atoms in total. The summed E-state index contributed by atoms with van der Waals surface area (Å²) in [7, 11) is 0. The molecule has 3 heterocycles. The Morgan fingerprint density at radius 1 is 1.03 bits per heavy atom. The molecule has 29 heavy (non-hydrogen) atoms.